The van der Waals surface area contributed by atoms with Crippen LogP contribution in [0.25, 0.3) is 11.1 Å². The first-order chi connectivity index (χ1) is 9.56. The van der Waals surface area contributed by atoms with Crippen molar-refractivity contribution < 1.29 is 4.74 Å². The lowest BCUT2D eigenvalue weighted by atomic mass is 9.99. The van der Waals surface area contributed by atoms with Crippen molar-refractivity contribution in [2.75, 3.05) is 14.2 Å². The van der Waals surface area contributed by atoms with Gasteiger partial charge in [0.15, 0.2) is 0 Å². The highest BCUT2D eigenvalue weighted by Gasteiger charge is 2.13. The highest BCUT2D eigenvalue weighted by Crippen LogP contribution is 2.38. The maximum atomic E-state index is 6.34. The van der Waals surface area contributed by atoms with E-state index in [0.29, 0.717) is 27.4 Å². The van der Waals surface area contributed by atoms with Gasteiger partial charge in [-0.1, -0.05) is 40.9 Å². The summed E-state index contributed by atoms with van der Waals surface area (Å²) in [7, 11) is 3.45. The lowest BCUT2D eigenvalue weighted by Crippen LogP contribution is -2.06. The van der Waals surface area contributed by atoms with Crippen LogP contribution in [0.1, 0.15) is 5.56 Å². The van der Waals surface area contributed by atoms with Gasteiger partial charge in [-0.3, -0.25) is 0 Å². The van der Waals surface area contributed by atoms with Gasteiger partial charge in [0.25, 0.3) is 0 Å². The molecule has 0 bridgehead atoms. The van der Waals surface area contributed by atoms with E-state index in [9.17, 15) is 0 Å². The van der Waals surface area contributed by atoms with E-state index in [-0.39, 0.29) is 0 Å². The normalized spacial score (nSPS) is 10.7. The molecule has 2 rings (SSSR count). The second kappa shape index (κ2) is 6.68. The second-order valence-electron chi connectivity index (χ2n) is 4.30. The van der Waals surface area contributed by atoms with Crippen LogP contribution in [0.2, 0.25) is 15.1 Å². The Bertz CT molecular complexity index is 629. The van der Waals surface area contributed by atoms with E-state index in [1.165, 1.54) is 0 Å². The number of halogens is 3. The van der Waals surface area contributed by atoms with Gasteiger partial charge in [-0.2, -0.15) is 0 Å². The van der Waals surface area contributed by atoms with Crippen LogP contribution >= 0.6 is 34.8 Å². The molecule has 106 valence electrons. The zero-order valence-electron chi connectivity index (χ0n) is 11.1. The van der Waals surface area contributed by atoms with Gasteiger partial charge in [0, 0.05) is 23.2 Å². The summed E-state index contributed by atoms with van der Waals surface area (Å²) in [6, 6.07) is 9.23. The zero-order chi connectivity index (χ0) is 14.7. The van der Waals surface area contributed by atoms with Crippen LogP contribution in [0.4, 0.5) is 0 Å². The first-order valence-corrected chi connectivity index (χ1v) is 7.16. The zero-order valence-corrected chi connectivity index (χ0v) is 13.4. The van der Waals surface area contributed by atoms with Gasteiger partial charge in [0.2, 0.25) is 0 Å². The van der Waals surface area contributed by atoms with Gasteiger partial charge in [-0.15, -0.1) is 0 Å². The summed E-state index contributed by atoms with van der Waals surface area (Å²) in [6.45, 7) is 0.715. The monoisotopic (exact) mass is 329 g/mol. The van der Waals surface area contributed by atoms with E-state index in [0.717, 1.165) is 16.7 Å². The molecule has 2 aromatic carbocycles. The molecule has 0 atom stereocenters. The van der Waals surface area contributed by atoms with Crippen molar-refractivity contribution in [3.05, 3.63) is 51.0 Å². The number of ether oxygens (including phenoxy) is 1. The predicted molar refractivity (Wildman–Crippen MR) is 86.2 cm³/mol. The fraction of sp³-hybridized carbons (Fsp3) is 0.200. The largest absolute Gasteiger partial charge is 0.495 e. The van der Waals surface area contributed by atoms with E-state index >= 15 is 0 Å². The Morgan fingerprint density at radius 2 is 1.75 bits per heavy atom. The molecule has 0 saturated carbocycles. The molecule has 0 saturated heterocycles. The van der Waals surface area contributed by atoms with E-state index < -0.39 is 0 Å². The summed E-state index contributed by atoms with van der Waals surface area (Å²) in [6.07, 6.45) is 0. The minimum Gasteiger partial charge on any atom is -0.495 e. The molecule has 5 heteroatoms. The van der Waals surface area contributed by atoms with Gasteiger partial charge < -0.3 is 10.1 Å². The molecule has 0 unspecified atom stereocenters. The van der Waals surface area contributed by atoms with Gasteiger partial charge in [0.05, 0.1) is 17.2 Å². The number of methoxy groups -OCH3 is 1. The summed E-state index contributed by atoms with van der Waals surface area (Å²) in [5.74, 6) is 0.553. The molecule has 0 aliphatic carbocycles. The molecule has 20 heavy (non-hydrogen) atoms. The van der Waals surface area contributed by atoms with Crippen molar-refractivity contribution in [3.8, 4) is 16.9 Å². The third kappa shape index (κ3) is 3.21. The number of rotatable bonds is 4. The van der Waals surface area contributed by atoms with Crippen LogP contribution in [0.5, 0.6) is 5.75 Å². The minimum atomic E-state index is 0.516. The first kappa shape index (κ1) is 15.5. The molecule has 0 aliphatic rings. The van der Waals surface area contributed by atoms with Crippen LogP contribution in [-0.2, 0) is 6.54 Å². The van der Waals surface area contributed by atoms with E-state index in [1.807, 2.05) is 25.2 Å². The van der Waals surface area contributed by atoms with Gasteiger partial charge in [-0.05, 0) is 36.4 Å². The maximum absolute atomic E-state index is 6.34. The summed E-state index contributed by atoms with van der Waals surface area (Å²) in [5, 5.41) is 4.87. The fourth-order valence-corrected chi connectivity index (χ4v) is 2.70. The molecule has 0 aliphatic heterocycles. The smallest absolute Gasteiger partial charge is 0.138 e. The lowest BCUT2D eigenvalue weighted by Gasteiger charge is -2.13. The molecular weight excluding hydrogens is 317 g/mol. The molecule has 1 N–H and O–H groups in total. The van der Waals surface area contributed by atoms with E-state index in [2.05, 4.69) is 5.32 Å². The first-order valence-electron chi connectivity index (χ1n) is 6.03. The Balaban J connectivity index is 2.61. The van der Waals surface area contributed by atoms with Crippen LogP contribution in [0.15, 0.2) is 30.3 Å². The molecule has 0 radical (unpaired) electrons. The quantitative estimate of drug-likeness (QED) is 0.847. The van der Waals surface area contributed by atoms with Crippen molar-refractivity contribution in [2.45, 2.75) is 6.54 Å². The van der Waals surface area contributed by atoms with Crippen molar-refractivity contribution in [2.24, 2.45) is 0 Å². The standard InChI is InChI=1S/C15H14Cl3NO/c1-19-8-9-3-4-10(16)5-11(9)12-6-14(18)15(20-2)7-13(12)17/h3-7,19H,8H2,1-2H3. The third-order valence-electron chi connectivity index (χ3n) is 2.97. The lowest BCUT2D eigenvalue weighted by molar-refractivity contribution is 0.415. The number of benzene rings is 2. The van der Waals surface area contributed by atoms with Crippen LogP contribution in [-0.4, -0.2) is 14.2 Å². The topological polar surface area (TPSA) is 21.3 Å². The molecule has 0 heterocycles. The number of nitrogens with one attached hydrogen (secondary N) is 1. The van der Waals surface area contributed by atoms with Gasteiger partial charge in [-0.25, -0.2) is 0 Å². The summed E-state index contributed by atoms with van der Waals surface area (Å²) >= 11 is 18.6. The Morgan fingerprint density at radius 1 is 1.00 bits per heavy atom. The highest BCUT2D eigenvalue weighted by molar-refractivity contribution is 6.36. The number of hydrogen-bond acceptors (Lipinski definition) is 2. The summed E-state index contributed by atoms with van der Waals surface area (Å²) in [4.78, 5) is 0. The Hall–Kier alpha value is -0.930. The summed E-state index contributed by atoms with van der Waals surface area (Å²) < 4.78 is 5.16. The van der Waals surface area contributed by atoms with Crippen molar-refractivity contribution in [1.82, 2.24) is 5.32 Å². The SMILES string of the molecule is CNCc1ccc(Cl)cc1-c1cc(Cl)c(OC)cc1Cl. The van der Waals surface area contributed by atoms with E-state index in [1.54, 1.807) is 19.2 Å². The molecule has 0 spiro atoms. The molecular formula is C15H14Cl3NO. The average Bonchev–Trinajstić information content (AvgIpc) is 2.43. The second-order valence-corrected chi connectivity index (χ2v) is 5.55. The minimum absolute atomic E-state index is 0.516. The predicted octanol–water partition coefficient (Wildman–Crippen LogP) is 5.04. The molecule has 2 aromatic rings. The van der Waals surface area contributed by atoms with Gasteiger partial charge in [0.1, 0.15) is 5.75 Å². The van der Waals surface area contributed by atoms with Crippen molar-refractivity contribution in [3.63, 3.8) is 0 Å². The van der Waals surface area contributed by atoms with Crippen molar-refractivity contribution >= 4 is 34.8 Å². The molecule has 0 aromatic heterocycles. The molecule has 0 amide bonds. The van der Waals surface area contributed by atoms with Crippen LogP contribution in [0.3, 0.4) is 0 Å². The van der Waals surface area contributed by atoms with Crippen LogP contribution in [0, 0.1) is 0 Å². The third-order valence-corrected chi connectivity index (χ3v) is 3.81. The average molecular weight is 331 g/mol. The Kier molecular flexibility index (Phi) is 5.17. The highest BCUT2D eigenvalue weighted by atomic mass is 35.5. The molecule has 0 fully saturated rings. The molecule has 2 nitrogen and oxygen atoms in total. The van der Waals surface area contributed by atoms with Crippen molar-refractivity contribution in [1.29, 1.82) is 0 Å². The fourth-order valence-electron chi connectivity index (χ4n) is 2.04. The Labute approximate surface area is 133 Å². The summed E-state index contributed by atoms with van der Waals surface area (Å²) in [5.41, 5.74) is 2.90. The van der Waals surface area contributed by atoms with E-state index in [4.69, 9.17) is 39.5 Å². The van der Waals surface area contributed by atoms with Crippen LogP contribution < -0.4 is 10.1 Å². The Morgan fingerprint density at radius 3 is 2.40 bits per heavy atom. The van der Waals surface area contributed by atoms with Gasteiger partial charge >= 0.3 is 0 Å². The maximum Gasteiger partial charge on any atom is 0.138 e. The number of hydrogen-bond donors (Lipinski definition) is 1.